The van der Waals surface area contributed by atoms with E-state index in [1.165, 1.54) is 5.56 Å². The van der Waals surface area contributed by atoms with Gasteiger partial charge in [-0.15, -0.1) is 11.3 Å². The summed E-state index contributed by atoms with van der Waals surface area (Å²) in [6.07, 6.45) is 5.06. The van der Waals surface area contributed by atoms with Crippen LogP contribution in [-0.2, 0) is 11.8 Å². The molecule has 8 nitrogen and oxygen atoms in total. The summed E-state index contributed by atoms with van der Waals surface area (Å²) in [5.74, 6) is 1.26. The van der Waals surface area contributed by atoms with Crippen molar-refractivity contribution < 1.29 is 9.59 Å². The normalized spacial score (nSPS) is 19.4. The zero-order valence-corrected chi connectivity index (χ0v) is 27.6. The van der Waals surface area contributed by atoms with Crippen molar-refractivity contribution in [3.63, 3.8) is 0 Å². The highest BCUT2D eigenvalue weighted by Gasteiger charge is 2.43. The van der Waals surface area contributed by atoms with E-state index in [1.807, 2.05) is 73.1 Å². The van der Waals surface area contributed by atoms with E-state index in [4.69, 9.17) is 5.10 Å². The maximum absolute atomic E-state index is 13.6. The number of hydrogen-bond donors (Lipinski definition) is 2. The molecule has 2 aliphatic heterocycles. The van der Waals surface area contributed by atoms with Gasteiger partial charge in [-0.05, 0) is 93.0 Å². The molecule has 2 saturated heterocycles. The van der Waals surface area contributed by atoms with Gasteiger partial charge >= 0.3 is 6.03 Å². The van der Waals surface area contributed by atoms with Crippen molar-refractivity contribution in [3.05, 3.63) is 101 Å². The Labute approximate surface area is 273 Å². The monoisotopic (exact) mass is 632 g/mol. The van der Waals surface area contributed by atoms with E-state index in [0.29, 0.717) is 11.7 Å². The van der Waals surface area contributed by atoms with E-state index in [2.05, 4.69) is 53.4 Å². The van der Waals surface area contributed by atoms with Gasteiger partial charge in [-0.2, -0.15) is 5.10 Å². The molecule has 46 heavy (non-hydrogen) atoms. The summed E-state index contributed by atoms with van der Waals surface area (Å²) < 4.78 is 2.85. The lowest BCUT2D eigenvalue weighted by Crippen LogP contribution is -2.46. The van der Waals surface area contributed by atoms with Crippen LogP contribution in [0.25, 0.3) is 15.9 Å². The fourth-order valence-corrected chi connectivity index (χ4v) is 7.75. The van der Waals surface area contributed by atoms with E-state index < -0.39 is 0 Å². The number of aromatic nitrogens is 3. The largest absolute Gasteiger partial charge is 0.333 e. The van der Waals surface area contributed by atoms with Crippen LogP contribution in [-0.4, -0.2) is 43.7 Å². The van der Waals surface area contributed by atoms with Crippen molar-refractivity contribution in [2.45, 2.75) is 77.3 Å². The molecule has 2 aliphatic rings. The molecule has 2 fully saturated rings. The van der Waals surface area contributed by atoms with Crippen molar-refractivity contribution >= 4 is 45.0 Å². The van der Waals surface area contributed by atoms with Crippen LogP contribution in [0.15, 0.2) is 78.3 Å². The van der Waals surface area contributed by atoms with E-state index in [-0.39, 0.29) is 29.4 Å². The number of fused-ring (bicyclic) bond motifs is 3. The molecule has 2 bridgehead atoms. The van der Waals surface area contributed by atoms with Gasteiger partial charge in [-0.1, -0.05) is 50.6 Å². The van der Waals surface area contributed by atoms with Crippen molar-refractivity contribution in [2.75, 3.05) is 10.6 Å². The maximum atomic E-state index is 13.6. The van der Waals surface area contributed by atoms with E-state index in [9.17, 15) is 9.59 Å². The topological polar surface area (TPSA) is 92.2 Å². The van der Waals surface area contributed by atoms with Crippen molar-refractivity contribution in [1.82, 2.24) is 19.7 Å². The fraction of sp³-hybridized carbons (Fsp3) is 0.351. The quantitative estimate of drug-likeness (QED) is 0.197. The molecule has 5 aromatic rings. The fourth-order valence-electron chi connectivity index (χ4n) is 7.03. The van der Waals surface area contributed by atoms with Crippen molar-refractivity contribution in [2.24, 2.45) is 5.92 Å². The summed E-state index contributed by atoms with van der Waals surface area (Å²) >= 11 is 1.58. The van der Waals surface area contributed by atoms with Crippen LogP contribution >= 0.6 is 11.3 Å². The molecule has 0 saturated carbocycles. The number of carbonyl (C=O) groups is 2. The number of thiazole rings is 1. The first-order chi connectivity index (χ1) is 22.1. The lowest BCUT2D eigenvalue weighted by atomic mass is 9.85. The summed E-state index contributed by atoms with van der Waals surface area (Å²) in [6.45, 7) is 8.38. The number of anilines is 2. The number of rotatable bonds is 6. The predicted molar refractivity (Wildman–Crippen MR) is 185 cm³/mol. The molecule has 4 heterocycles. The molecule has 2 atom stereocenters. The van der Waals surface area contributed by atoms with Gasteiger partial charge in [0.05, 0.1) is 27.1 Å². The van der Waals surface area contributed by atoms with Crippen molar-refractivity contribution in [3.8, 4) is 5.69 Å². The maximum Gasteiger partial charge on any atom is 0.324 e. The number of hydrogen-bond acceptors (Lipinski definition) is 5. The molecule has 3 aromatic carbocycles. The molecular formula is C37H40N6O2S. The first-order valence-corrected chi connectivity index (χ1v) is 17.0. The Morgan fingerprint density at radius 1 is 0.935 bits per heavy atom. The lowest BCUT2D eigenvalue weighted by molar-refractivity contribution is 0.0524. The number of nitrogens with one attached hydrogen (secondary N) is 2. The summed E-state index contributed by atoms with van der Waals surface area (Å²) in [6, 6.07) is 24.3. The zero-order chi connectivity index (χ0) is 32.0. The van der Waals surface area contributed by atoms with Crippen LogP contribution in [0.2, 0.25) is 0 Å². The number of nitrogens with zero attached hydrogens (tertiary/aromatic N) is 4. The number of carbonyl (C=O) groups excluding carboxylic acids is 2. The summed E-state index contributed by atoms with van der Waals surface area (Å²) in [5, 5.41) is 10.9. The van der Waals surface area contributed by atoms with Crippen LogP contribution in [0.5, 0.6) is 0 Å². The summed E-state index contributed by atoms with van der Waals surface area (Å²) in [4.78, 5) is 33.4. The van der Waals surface area contributed by atoms with Crippen LogP contribution in [0.3, 0.4) is 0 Å². The van der Waals surface area contributed by atoms with E-state index in [1.54, 1.807) is 16.0 Å². The third-order valence-electron chi connectivity index (χ3n) is 9.35. The standard InChI is InChI=1S/C37H40N6O2S/c1-23-8-11-28(12-9-23)43-34(21-33(41-43)37(2,3)4)40-36(45)39-27-7-5-6-24(17-27)16-25-18-29-13-14-30(19-25)42(29)35(44)26-10-15-31-32(20-26)46-22-38-31/h5-12,15,17,20-22,25,29-30H,13-14,16,18-19H2,1-4H3,(H2,39,40,45). The molecule has 0 aliphatic carbocycles. The minimum absolute atomic E-state index is 0.150. The number of urea groups is 1. The summed E-state index contributed by atoms with van der Waals surface area (Å²) in [7, 11) is 0. The van der Waals surface area contributed by atoms with Crippen LogP contribution in [0.4, 0.5) is 16.3 Å². The third kappa shape index (κ3) is 6.16. The van der Waals surface area contributed by atoms with Gasteiger partial charge in [-0.25, -0.2) is 14.5 Å². The van der Waals surface area contributed by atoms with Gasteiger partial charge in [0.1, 0.15) is 5.82 Å². The molecule has 9 heteroatoms. The van der Waals surface area contributed by atoms with Gasteiger partial charge in [0.2, 0.25) is 0 Å². The Balaban J connectivity index is 1.00. The minimum Gasteiger partial charge on any atom is -0.333 e. The Bertz CT molecular complexity index is 1890. The highest BCUT2D eigenvalue weighted by molar-refractivity contribution is 7.16. The van der Waals surface area contributed by atoms with Gasteiger partial charge in [0, 0.05) is 34.8 Å². The number of aryl methyl sites for hydroxylation is 1. The molecule has 2 unspecified atom stereocenters. The molecule has 2 N–H and O–H groups in total. The lowest BCUT2D eigenvalue weighted by Gasteiger charge is -2.39. The van der Waals surface area contributed by atoms with Gasteiger partial charge < -0.3 is 10.2 Å². The second kappa shape index (κ2) is 12.0. The van der Waals surface area contributed by atoms with Gasteiger partial charge in [0.25, 0.3) is 5.91 Å². The van der Waals surface area contributed by atoms with Crippen LogP contribution in [0, 0.1) is 12.8 Å². The smallest absolute Gasteiger partial charge is 0.324 e. The first kappa shape index (κ1) is 30.2. The van der Waals surface area contributed by atoms with Gasteiger partial charge in [0.15, 0.2) is 0 Å². The molecule has 7 rings (SSSR count). The Morgan fingerprint density at radius 3 is 2.43 bits per heavy atom. The number of benzene rings is 3. The molecular weight excluding hydrogens is 593 g/mol. The second-order valence-corrected chi connectivity index (χ2v) is 14.8. The van der Waals surface area contributed by atoms with Gasteiger partial charge in [-0.3, -0.25) is 10.1 Å². The Kier molecular flexibility index (Phi) is 7.88. The predicted octanol–water partition coefficient (Wildman–Crippen LogP) is 8.36. The zero-order valence-electron chi connectivity index (χ0n) is 26.8. The van der Waals surface area contributed by atoms with Crippen molar-refractivity contribution in [1.29, 1.82) is 0 Å². The first-order valence-electron chi connectivity index (χ1n) is 16.1. The second-order valence-electron chi connectivity index (χ2n) is 13.9. The average Bonchev–Trinajstić information content (AvgIpc) is 3.73. The number of piperidine rings is 1. The highest BCUT2D eigenvalue weighted by Crippen LogP contribution is 2.41. The number of amides is 3. The average molecular weight is 633 g/mol. The van der Waals surface area contributed by atoms with E-state index >= 15 is 0 Å². The Hall–Kier alpha value is -4.50. The van der Waals surface area contributed by atoms with Crippen LogP contribution < -0.4 is 10.6 Å². The minimum atomic E-state index is -0.313. The Morgan fingerprint density at radius 2 is 1.70 bits per heavy atom. The van der Waals surface area contributed by atoms with E-state index in [0.717, 1.165) is 70.5 Å². The molecule has 0 radical (unpaired) electrons. The molecule has 236 valence electrons. The molecule has 2 aromatic heterocycles. The molecule has 3 amide bonds. The summed E-state index contributed by atoms with van der Waals surface area (Å²) in [5.41, 5.74) is 8.26. The highest BCUT2D eigenvalue weighted by atomic mass is 32.1. The van der Waals surface area contributed by atoms with Crippen LogP contribution in [0.1, 0.15) is 73.6 Å². The molecule has 0 spiro atoms. The third-order valence-corrected chi connectivity index (χ3v) is 10.1. The SMILES string of the molecule is Cc1ccc(-n2nc(C(C)(C)C)cc2NC(=O)Nc2cccc(CC3CC4CCC(C3)N4C(=O)c3ccc4ncsc4c3)c2)cc1.